The van der Waals surface area contributed by atoms with E-state index in [1.54, 1.807) is 49.7 Å². The maximum atomic E-state index is 13.3. The Morgan fingerprint density at radius 1 is 0.968 bits per heavy atom. The van der Waals surface area contributed by atoms with E-state index in [2.05, 4.69) is 4.98 Å². The standard InChI is InChI=1S/C25H22N2O4/c1-16-11-12-20-24(29)21(23(28)19-9-4-5-10-22(19)31-3)15-27(25(20)26-16)14-17-7-6-8-18(13-17)30-2/h4-13,15H,14H2,1-3H3. The molecular weight excluding hydrogens is 392 g/mol. The van der Waals surface area contributed by atoms with E-state index in [1.807, 2.05) is 35.8 Å². The highest BCUT2D eigenvalue weighted by Crippen LogP contribution is 2.22. The van der Waals surface area contributed by atoms with Crippen LogP contribution in [0.3, 0.4) is 0 Å². The number of nitrogens with zero attached hydrogens (tertiary/aromatic N) is 2. The quantitative estimate of drug-likeness (QED) is 0.446. The first kappa shape index (κ1) is 20.3. The molecule has 0 N–H and O–H groups in total. The Morgan fingerprint density at radius 3 is 2.55 bits per heavy atom. The van der Waals surface area contributed by atoms with E-state index in [9.17, 15) is 9.59 Å². The molecule has 0 aliphatic carbocycles. The molecule has 4 aromatic rings. The third-order valence-electron chi connectivity index (χ3n) is 5.14. The van der Waals surface area contributed by atoms with Crippen LogP contribution < -0.4 is 14.9 Å². The van der Waals surface area contributed by atoms with Crippen molar-refractivity contribution in [3.8, 4) is 11.5 Å². The smallest absolute Gasteiger partial charge is 0.202 e. The molecule has 0 radical (unpaired) electrons. The van der Waals surface area contributed by atoms with Gasteiger partial charge in [0, 0.05) is 18.4 Å². The van der Waals surface area contributed by atoms with Crippen LogP contribution in [0.25, 0.3) is 11.0 Å². The van der Waals surface area contributed by atoms with Crippen LogP contribution in [0.2, 0.25) is 0 Å². The number of hydrogen-bond acceptors (Lipinski definition) is 5. The lowest BCUT2D eigenvalue weighted by Crippen LogP contribution is -2.21. The predicted molar refractivity (Wildman–Crippen MR) is 119 cm³/mol. The van der Waals surface area contributed by atoms with Gasteiger partial charge >= 0.3 is 0 Å². The van der Waals surface area contributed by atoms with Gasteiger partial charge in [-0.15, -0.1) is 0 Å². The zero-order chi connectivity index (χ0) is 22.0. The minimum Gasteiger partial charge on any atom is -0.497 e. The fourth-order valence-electron chi connectivity index (χ4n) is 3.59. The van der Waals surface area contributed by atoms with E-state index in [0.29, 0.717) is 28.9 Å². The summed E-state index contributed by atoms with van der Waals surface area (Å²) in [4.78, 5) is 31.1. The summed E-state index contributed by atoms with van der Waals surface area (Å²) in [7, 11) is 3.11. The van der Waals surface area contributed by atoms with Crippen molar-refractivity contribution in [3.05, 3.63) is 99.5 Å². The van der Waals surface area contributed by atoms with E-state index >= 15 is 0 Å². The number of rotatable bonds is 6. The molecule has 2 heterocycles. The van der Waals surface area contributed by atoms with Crippen molar-refractivity contribution in [2.45, 2.75) is 13.5 Å². The number of carbonyl (C=O) groups is 1. The van der Waals surface area contributed by atoms with Crippen molar-refractivity contribution < 1.29 is 14.3 Å². The molecule has 156 valence electrons. The largest absolute Gasteiger partial charge is 0.497 e. The third kappa shape index (κ3) is 3.92. The molecule has 2 aromatic carbocycles. The van der Waals surface area contributed by atoms with Crippen LogP contribution >= 0.6 is 0 Å². The fraction of sp³-hybridized carbons (Fsp3) is 0.160. The topological polar surface area (TPSA) is 70.4 Å². The molecule has 0 aliphatic heterocycles. The molecule has 0 unspecified atom stereocenters. The highest BCUT2D eigenvalue weighted by molar-refractivity contribution is 6.11. The highest BCUT2D eigenvalue weighted by Gasteiger charge is 2.20. The average Bonchev–Trinajstić information content (AvgIpc) is 2.80. The van der Waals surface area contributed by atoms with Gasteiger partial charge in [0.25, 0.3) is 0 Å². The number of ketones is 1. The van der Waals surface area contributed by atoms with Crippen LogP contribution in [-0.2, 0) is 6.54 Å². The van der Waals surface area contributed by atoms with Crippen molar-refractivity contribution in [2.24, 2.45) is 0 Å². The molecule has 0 aliphatic rings. The Bertz CT molecular complexity index is 1340. The van der Waals surface area contributed by atoms with Crippen molar-refractivity contribution in [1.82, 2.24) is 9.55 Å². The third-order valence-corrected chi connectivity index (χ3v) is 5.14. The van der Waals surface area contributed by atoms with Crippen LogP contribution in [0.5, 0.6) is 11.5 Å². The Hall–Kier alpha value is -3.93. The first-order valence-electron chi connectivity index (χ1n) is 9.83. The molecule has 0 fully saturated rings. The second kappa shape index (κ2) is 8.44. The lowest BCUT2D eigenvalue weighted by molar-refractivity contribution is 0.103. The average molecular weight is 414 g/mol. The summed E-state index contributed by atoms with van der Waals surface area (Å²) in [6.45, 7) is 2.30. The first-order valence-corrected chi connectivity index (χ1v) is 9.83. The van der Waals surface area contributed by atoms with Gasteiger partial charge in [0.2, 0.25) is 11.2 Å². The molecule has 4 rings (SSSR count). The van der Waals surface area contributed by atoms with Crippen LogP contribution in [0.15, 0.2) is 71.7 Å². The normalized spacial score (nSPS) is 10.8. The van der Waals surface area contributed by atoms with Gasteiger partial charge in [-0.1, -0.05) is 24.3 Å². The van der Waals surface area contributed by atoms with Gasteiger partial charge in [-0.2, -0.15) is 0 Å². The van der Waals surface area contributed by atoms with Gasteiger partial charge in [0.15, 0.2) is 0 Å². The van der Waals surface area contributed by atoms with Crippen LogP contribution in [0, 0.1) is 6.92 Å². The predicted octanol–water partition coefficient (Wildman–Crippen LogP) is 4.00. The Balaban J connectivity index is 1.91. The molecule has 0 saturated heterocycles. The number of pyridine rings is 2. The SMILES string of the molecule is COc1cccc(Cn2cc(C(=O)c3ccccc3OC)c(=O)c3ccc(C)nc32)c1. The number of para-hydroxylation sites is 1. The van der Waals surface area contributed by atoms with E-state index in [0.717, 1.165) is 17.0 Å². The fourth-order valence-corrected chi connectivity index (χ4v) is 3.59. The van der Waals surface area contributed by atoms with Gasteiger partial charge in [-0.25, -0.2) is 4.98 Å². The summed E-state index contributed by atoms with van der Waals surface area (Å²) in [5.41, 5.74) is 2.35. The molecular formula is C25H22N2O4. The van der Waals surface area contributed by atoms with Crippen molar-refractivity contribution >= 4 is 16.8 Å². The summed E-state index contributed by atoms with van der Waals surface area (Å²) < 4.78 is 12.5. The van der Waals surface area contributed by atoms with Crippen molar-refractivity contribution in [2.75, 3.05) is 14.2 Å². The van der Waals surface area contributed by atoms with Gasteiger partial charge in [-0.3, -0.25) is 9.59 Å². The number of ether oxygens (including phenoxy) is 2. The van der Waals surface area contributed by atoms with Crippen LogP contribution in [0.1, 0.15) is 27.2 Å². The minimum absolute atomic E-state index is 0.0746. The number of benzene rings is 2. The van der Waals surface area contributed by atoms with Crippen LogP contribution in [-0.4, -0.2) is 29.6 Å². The highest BCUT2D eigenvalue weighted by atomic mass is 16.5. The molecule has 0 amide bonds. The monoisotopic (exact) mass is 414 g/mol. The molecule has 2 aromatic heterocycles. The second-order valence-corrected chi connectivity index (χ2v) is 7.20. The lowest BCUT2D eigenvalue weighted by atomic mass is 10.0. The maximum Gasteiger partial charge on any atom is 0.202 e. The molecule has 0 bridgehead atoms. The van der Waals surface area contributed by atoms with Crippen molar-refractivity contribution in [3.63, 3.8) is 0 Å². The first-order chi connectivity index (χ1) is 15.0. The van der Waals surface area contributed by atoms with E-state index in [-0.39, 0.29) is 16.8 Å². The summed E-state index contributed by atoms with van der Waals surface area (Å²) in [6, 6.07) is 18.0. The summed E-state index contributed by atoms with van der Waals surface area (Å²) in [5.74, 6) is 0.773. The molecule has 31 heavy (non-hydrogen) atoms. The Labute approximate surface area is 179 Å². The Kier molecular flexibility index (Phi) is 5.54. The van der Waals surface area contributed by atoms with Gasteiger partial charge in [0.1, 0.15) is 17.1 Å². The lowest BCUT2D eigenvalue weighted by Gasteiger charge is -2.14. The molecule has 6 heteroatoms. The number of aromatic nitrogens is 2. The van der Waals surface area contributed by atoms with Gasteiger partial charge < -0.3 is 14.0 Å². The van der Waals surface area contributed by atoms with E-state index < -0.39 is 0 Å². The molecule has 0 atom stereocenters. The maximum absolute atomic E-state index is 13.3. The van der Waals surface area contributed by atoms with Gasteiger partial charge in [-0.05, 0) is 48.9 Å². The zero-order valence-corrected chi connectivity index (χ0v) is 17.6. The molecule has 0 spiro atoms. The number of hydrogen-bond donors (Lipinski definition) is 0. The summed E-state index contributed by atoms with van der Waals surface area (Å²) in [5, 5.41) is 0.397. The molecule has 0 saturated carbocycles. The molecule has 6 nitrogen and oxygen atoms in total. The summed E-state index contributed by atoms with van der Waals surface area (Å²) >= 11 is 0. The minimum atomic E-state index is -0.385. The Morgan fingerprint density at radius 2 is 1.77 bits per heavy atom. The number of carbonyl (C=O) groups excluding carboxylic acids is 1. The van der Waals surface area contributed by atoms with Crippen molar-refractivity contribution in [1.29, 1.82) is 0 Å². The van der Waals surface area contributed by atoms with E-state index in [1.165, 1.54) is 7.11 Å². The van der Waals surface area contributed by atoms with Gasteiger partial charge in [0.05, 0.1) is 30.7 Å². The zero-order valence-electron chi connectivity index (χ0n) is 17.6. The number of aryl methyl sites for hydroxylation is 1. The van der Waals surface area contributed by atoms with Crippen LogP contribution in [0.4, 0.5) is 0 Å². The summed E-state index contributed by atoms with van der Waals surface area (Å²) in [6.07, 6.45) is 1.59. The number of fused-ring (bicyclic) bond motifs is 1. The number of methoxy groups -OCH3 is 2. The van der Waals surface area contributed by atoms with E-state index in [4.69, 9.17) is 9.47 Å². The second-order valence-electron chi connectivity index (χ2n) is 7.20.